The summed E-state index contributed by atoms with van der Waals surface area (Å²) in [7, 11) is -2.04. The molecule has 2 rings (SSSR count). The standard InChI is InChI=1S/C15H18N2O3S2/c1-11(12-5-3-7-14(9-12)22(16,19)20)17(2)15(18)10-13-6-4-8-21-13/h3-9,11H,10H2,1-2H3,(H2,16,19,20)/t11-/m1/s1. The largest absolute Gasteiger partial charge is 0.339 e. The Morgan fingerprint density at radius 3 is 2.64 bits per heavy atom. The Kier molecular flexibility index (Phi) is 5.00. The maximum atomic E-state index is 12.3. The van der Waals surface area contributed by atoms with Gasteiger partial charge in [0.15, 0.2) is 0 Å². The first-order chi connectivity index (χ1) is 10.3. The summed E-state index contributed by atoms with van der Waals surface area (Å²) in [6, 6.07) is 9.95. The molecule has 0 aliphatic carbocycles. The first-order valence-corrected chi connectivity index (χ1v) is 9.12. The van der Waals surface area contributed by atoms with Crippen LogP contribution >= 0.6 is 11.3 Å². The molecular weight excluding hydrogens is 320 g/mol. The summed E-state index contributed by atoms with van der Waals surface area (Å²) >= 11 is 1.54. The van der Waals surface area contributed by atoms with Gasteiger partial charge in [0.25, 0.3) is 0 Å². The topological polar surface area (TPSA) is 80.5 Å². The minimum atomic E-state index is -3.75. The van der Waals surface area contributed by atoms with Crippen molar-refractivity contribution in [2.75, 3.05) is 7.05 Å². The molecule has 1 amide bonds. The van der Waals surface area contributed by atoms with Crippen molar-refractivity contribution < 1.29 is 13.2 Å². The lowest BCUT2D eigenvalue weighted by Crippen LogP contribution is -2.30. The molecule has 0 saturated carbocycles. The van der Waals surface area contributed by atoms with E-state index < -0.39 is 10.0 Å². The number of carbonyl (C=O) groups excluding carboxylic acids is 1. The Morgan fingerprint density at radius 2 is 2.05 bits per heavy atom. The minimum absolute atomic E-state index is 0.0176. The van der Waals surface area contributed by atoms with E-state index in [1.54, 1.807) is 24.1 Å². The first kappa shape index (κ1) is 16.7. The highest BCUT2D eigenvalue weighted by atomic mass is 32.2. The number of hydrogen-bond donors (Lipinski definition) is 1. The molecule has 2 aromatic rings. The summed E-state index contributed by atoms with van der Waals surface area (Å²) in [6.45, 7) is 1.86. The van der Waals surface area contributed by atoms with Gasteiger partial charge in [0.1, 0.15) is 0 Å². The SMILES string of the molecule is C[C@H](c1cccc(S(N)(=O)=O)c1)N(C)C(=O)Cc1cccs1. The fraction of sp³-hybridized carbons (Fsp3) is 0.267. The Hall–Kier alpha value is -1.70. The fourth-order valence-electron chi connectivity index (χ4n) is 2.08. The Bertz CT molecular complexity index is 755. The molecule has 0 aliphatic heterocycles. The monoisotopic (exact) mass is 338 g/mol. The molecule has 0 aliphatic rings. The van der Waals surface area contributed by atoms with Crippen molar-refractivity contribution in [2.45, 2.75) is 24.3 Å². The minimum Gasteiger partial charge on any atom is -0.339 e. The van der Waals surface area contributed by atoms with E-state index >= 15 is 0 Å². The van der Waals surface area contributed by atoms with E-state index in [1.807, 2.05) is 24.4 Å². The van der Waals surface area contributed by atoms with Gasteiger partial charge in [-0.05, 0) is 36.1 Å². The molecule has 0 fully saturated rings. The van der Waals surface area contributed by atoms with E-state index in [2.05, 4.69) is 0 Å². The van der Waals surface area contributed by atoms with Crippen molar-refractivity contribution in [2.24, 2.45) is 5.14 Å². The molecule has 1 atom stereocenters. The lowest BCUT2D eigenvalue weighted by Gasteiger charge is -2.25. The number of nitrogens with two attached hydrogens (primary N) is 1. The van der Waals surface area contributed by atoms with Gasteiger partial charge in [-0.15, -0.1) is 11.3 Å². The zero-order valence-corrected chi connectivity index (χ0v) is 14.0. The Morgan fingerprint density at radius 1 is 1.32 bits per heavy atom. The van der Waals surface area contributed by atoms with E-state index in [0.717, 1.165) is 10.4 Å². The third-order valence-electron chi connectivity index (χ3n) is 3.55. The third kappa shape index (κ3) is 3.94. The number of likely N-dealkylation sites (N-methyl/N-ethyl adjacent to an activating group) is 1. The molecule has 22 heavy (non-hydrogen) atoms. The number of thiophene rings is 1. The highest BCUT2D eigenvalue weighted by molar-refractivity contribution is 7.89. The molecule has 118 valence electrons. The fourth-order valence-corrected chi connectivity index (χ4v) is 3.34. The van der Waals surface area contributed by atoms with Gasteiger partial charge in [-0.2, -0.15) is 0 Å². The maximum Gasteiger partial charge on any atom is 0.238 e. The molecule has 1 aromatic carbocycles. The predicted molar refractivity (Wildman–Crippen MR) is 87.0 cm³/mol. The van der Waals surface area contributed by atoms with Gasteiger partial charge < -0.3 is 4.90 Å². The second kappa shape index (κ2) is 6.60. The number of benzene rings is 1. The second-order valence-corrected chi connectivity index (χ2v) is 7.65. The van der Waals surface area contributed by atoms with E-state index in [0.29, 0.717) is 6.42 Å². The summed E-state index contributed by atoms with van der Waals surface area (Å²) < 4.78 is 22.8. The summed E-state index contributed by atoms with van der Waals surface area (Å²) in [6.07, 6.45) is 0.341. The van der Waals surface area contributed by atoms with E-state index in [4.69, 9.17) is 5.14 Å². The summed E-state index contributed by atoms with van der Waals surface area (Å²) in [4.78, 5) is 15.0. The van der Waals surface area contributed by atoms with Crippen LogP contribution in [0.3, 0.4) is 0 Å². The third-order valence-corrected chi connectivity index (χ3v) is 5.34. The summed E-state index contributed by atoms with van der Waals surface area (Å²) in [5.74, 6) is -0.0176. The second-order valence-electron chi connectivity index (χ2n) is 5.05. The normalized spacial score (nSPS) is 12.9. The van der Waals surface area contributed by atoms with Crippen molar-refractivity contribution in [3.8, 4) is 0 Å². The number of rotatable bonds is 5. The van der Waals surface area contributed by atoms with Crippen molar-refractivity contribution in [3.63, 3.8) is 0 Å². The molecule has 0 saturated heterocycles. The van der Waals surface area contributed by atoms with Crippen molar-refractivity contribution in [1.29, 1.82) is 0 Å². The molecule has 1 aromatic heterocycles. The number of carbonyl (C=O) groups is 1. The molecule has 0 spiro atoms. The van der Waals surface area contributed by atoms with E-state index in [9.17, 15) is 13.2 Å². The number of nitrogens with zero attached hydrogens (tertiary/aromatic N) is 1. The van der Waals surface area contributed by atoms with Gasteiger partial charge in [-0.25, -0.2) is 13.6 Å². The molecule has 0 radical (unpaired) electrons. The highest BCUT2D eigenvalue weighted by Crippen LogP contribution is 2.22. The molecular formula is C15H18N2O3S2. The van der Waals surface area contributed by atoms with Gasteiger partial charge in [-0.1, -0.05) is 18.2 Å². The van der Waals surface area contributed by atoms with Crippen LogP contribution < -0.4 is 5.14 Å². The Balaban J connectivity index is 2.16. The van der Waals surface area contributed by atoms with Gasteiger partial charge in [0, 0.05) is 11.9 Å². The van der Waals surface area contributed by atoms with Crippen molar-refractivity contribution in [1.82, 2.24) is 4.90 Å². The van der Waals surface area contributed by atoms with E-state index in [1.165, 1.54) is 23.5 Å². The quantitative estimate of drug-likeness (QED) is 0.907. The van der Waals surface area contributed by atoms with Crippen LogP contribution in [0.25, 0.3) is 0 Å². The number of hydrogen-bond acceptors (Lipinski definition) is 4. The molecule has 7 heteroatoms. The van der Waals surface area contributed by atoms with Crippen LogP contribution in [0.1, 0.15) is 23.4 Å². The molecule has 2 N–H and O–H groups in total. The zero-order valence-electron chi connectivity index (χ0n) is 12.4. The van der Waals surface area contributed by atoms with E-state index in [-0.39, 0.29) is 16.8 Å². The smallest absolute Gasteiger partial charge is 0.238 e. The van der Waals surface area contributed by atoms with Crippen LogP contribution in [0.2, 0.25) is 0 Å². The lowest BCUT2D eigenvalue weighted by molar-refractivity contribution is -0.131. The van der Waals surface area contributed by atoms with Crippen LogP contribution in [0.15, 0.2) is 46.7 Å². The Labute approximate surface area is 134 Å². The van der Waals surface area contributed by atoms with Gasteiger partial charge in [0.2, 0.25) is 15.9 Å². The molecule has 1 heterocycles. The number of primary sulfonamides is 1. The molecule has 0 bridgehead atoms. The van der Waals surface area contributed by atoms with Crippen LogP contribution in [-0.2, 0) is 21.2 Å². The van der Waals surface area contributed by atoms with Crippen molar-refractivity contribution >= 4 is 27.3 Å². The van der Waals surface area contributed by atoms with Crippen LogP contribution in [-0.4, -0.2) is 26.3 Å². The maximum absolute atomic E-state index is 12.3. The van der Waals surface area contributed by atoms with Crippen LogP contribution in [0.4, 0.5) is 0 Å². The summed E-state index contributed by atoms with van der Waals surface area (Å²) in [5, 5.41) is 7.08. The van der Waals surface area contributed by atoms with Crippen LogP contribution in [0, 0.1) is 0 Å². The first-order valence-electron chi connectivity index (χ1n) is 6.70. The predicted octanol–water partition coefficient (Wildman–Crippen LogP) is 2.16. The van der Waals surface area contributed by atoms with Gasteiger partial charge in [-0.3, -0.25) is 4.79 Å². The lowest BCUT2D eigenvalue weighted by atomic mass is 10.1. The highest BCUT2D eigenvalue weighted by Gasteiger charge is 2.19. The average molecular weight is 338 g/mol. The van der Waals surface area contributed by atoms with Crippen molar-refractivity contribution in [3.05, 3.63) is 52.2 Å². The summed E-state index contributed by atoms with van der Waals surface area (Å²) in [5.41, 5.74) is 0.730. The van der Waals surface area contributed by atoms with Crippen LogP contribution in [0.5, 0.6) is 0 Å². The zero-order chi connectivity index (χ0) is 16.3. The number of amides is 1. The molecule has 5 nitrogen and oxygen atoms in total. The van der Waals surface area contributed by atoms with Gasteiger partial charge >= 0.3 is 0 Å². The van der Waals surface area contributed by atoms with Gasteiger partial charge in [0.05, 0.1) is 17.4 Å². The number of sulfonamides is 1. The molecule has 0 unspecified atom stereocenters. The average Bonchev–Trinajstić information content (AvgIpc) is 2.97.